The standard InChI is InChI=1S/C86H146N6O30/c1-57-60(4)80(117-66(10)96)83(120-70(57)51-114-63(7)93)111-45-26-22-32-69(99)31-21-25-40-87-75(102)37-48-108-54-86(92-78(105)35-19-17-15-13-14-16-18-20-36-79(106)107,55-109-49-38-76(103)90-43-29-41-88-73(100)33-23-27-46-112-84-81(118-67(11)97)61(5)58(2)71(121-84)52-115-64(8)94)56-110-50-39-77(104)91-44-30-42-89-74(101)34-24-28-47-113-85-82(119-68(12)98)62(6)59(3)72(122-85)53-116-65(9)95/h57-62,70-72,80-85H,13-56H2,1-12H3,(H,87,102)(H,88,100)(H,89,101)(H,90,103)(H,91,104)(H,92,105)(H,106,107)/t57-,58-,59-,60?,61?,62?,70?,71?,72?,80+,81+,82+,83-,84-,85-,86?/m0/s1. The summed E-state index contributed by atoms with van der Waals surface area (Å²) in [6.45, 7) is 20.6. The van der Waals surface area contributed by atoms with Gasteiger partial charge in [0.25, 0.3) is 0 Å². The first-order valence-electron chi connectivity index (χ1n) is 44.0. The lowest BCUT2D eigenvalue weighted by Crippen LogP contribution is -2.58. The second kappa shape index (κ2) is 63.4. The van der Waals surface area contributed by atoms with Crippen LogP contribution >= 0.6 is 0 Å². The van der Waals surface area contributed by atoms with E-state index in [0.717, 1.165) is 38.5 Å². The molecule has 3 heterocycles. The van der Waals surface area contributed by atoms with Crippen LogP contribution in [0, 0.1) is 35.5 Å². The van der Waals surface area contributed by atoms with Crippen molar-refractivity contribution in [2.45, 2.75) is 317 Å². The van der Waals surface area contributed by atoms with Gasteiger partial charge in [0, 0.05) is 170 Å². The van der Waals surface area contributed by atoms with E-state index in [1.165, 1.54) is 41.5 Å². The zero-order valence-corrected chi connectivity index (χ0v) is 74.6. The molecule has 122 heavy (non-hydrogen) atoms. The van der Waals surface area contributed by atoms with Gasteiger partial charge in [-0.2, -0.15) is 0 Å². The number of ether oxygens (including phenoxy) is 15. The highest BCUT2D eigenvalue weighted by Crippen LogP contribution is 2.37. The molecule has 3 aliphatic rings. The first-order chi connectivity index (χ1) is 58.2. The van der Waals surface area contributed by atoms with Crippen LogP contribution in [-0.4, -0.2) is 261 Å². The van der Waals surface area contributed by atoms with Crippen LogP contribution in [0.4, 0.5) is 0 Å². The van der Waals surface area contributed by atoms with Crippen LogP contribution in [0.1, 0.15) is 256 Å². The Balaban J connectivity index is 1.58. The molecule has 700 valence electrons. The number of carboxylic acids is 1. The van der Waals surface area contributed by atoms with Crippen molar-refractivity contribution in [3.8, 4) is 0 Å². The van der Waals surface area contributed by atoms with Crippen LogP contribution in [0.15, 0.2) is 0 Å². The van der Waals surface area contributed by atoms with Crippen molar-refractivity contribution in [1.29, 1.82) is 0 Å². The number of hydrogen-bond acceptors (Lipinski definition) is 29. The summed E-state index contributed by atoms with van der Waals surface area (Å²) in [5, 5.41) is 26.3. The number of carboxylic acid groups (broad SMARTS) is 1. The molecular formula is C86H146N6O30. The summed E-state index contributed by atoms with van der Waals surface area (Å²) in [7, 11) is 0. The summed E-state index contributed by atoms with van der Waals surface area (Å²) in [4.78, 5) is 173. The number of Topliss-reactive ketones (excluding diaryl/α,β-unsaturated/α-hetero) is 1. The van der Waals surface area contributed by atoms with Crippen molar-refractivity contribution >= 4 is 83.0 Å². The molecule has 0 aromatic rings. The third kappa shape index (κ3) is 48.6. The van der Waals surface area contributed by atoms with E-state index in [4.69, 9.17) is 76.2 Å². The van der Waals surface area contributed by atoms with Crippen molar-refractivity contribution < 1.29 is 143 Å². The fourth-order valence-corrected chi connectivity index (χ4v) is 14.1. The van der Waals surface area contributed by atoms with Gasteiger partial charge in [0.2, 0.25) is 35.4 Å². The van der Waals surface area contributed by atoms with Gasteiger partial charge < -0.3 is 108 Å². The molecule has 0 bridgehead atoms. The molecule has 3 fully saturated rings. The Kier molecular flexibility index (Phi) is 56.4. The topological polar surface area (TPSA) is 470 Å². The molecule has 6 amide bonds. The second-order valence-electron chi connectivity index (χ2n) is 32.3. The van der Waals surface area contributed by atoms with E-state index in [0.29, 0.717) is 96.4 Å². The van der Waals surface area contributed by atoms with Gasteiger partial charge in [0.15, 0.2) is 37.2 Å². The number of rotatable bonds is 67. The van der Waals surface area contributed by atoms with Crippen molar-refractivity contribution in [3.63, 3.8) is 0 Å². The van der Waals surface area contributed by atoms with Gasteiger partial charge in [-0.05, 0) is 94.8 Å². The van der Waals surface area contributed by atoms with Gasteiger partial charge in [-0.3, -0.25) is 67.1 Å². The van der Waals surface area contributed by atoms with Crippen LogP contribution in [0.25, 0.3) is 0 Å². The van der Waals surface area contributed by atoms with Crippen molar-refractivity contribution in [3.05, 3.63) is 0 Å². The minimum absolute atomic E-state index is 0.0221. The highest BCUT2D eigenvalue weighted by molar-refractivity contribution is 5.79. The molecule has 3 saturated heterocycles. The first kappa shape index (κ1) is 109. The predicted molar refractivity (Wildman–Crippen MR) is 441 cm³/mol. The van der Waals surface area contributed by atoms with E-state index >= 15 is 0 Å². The third-order valence-corrected chi connectivity index (χ3v) is 21.8. The fraction of sp³-hybridized carbons (Fsp3) is 0.837. The predicted octanol–water partition coefficient (Wildman–Crippen LogP) is 7.18. The maximum absolute atomic E-state index is 14.0. The molecule has 0 radical (unpaired) electrons. The van der Waals surface area contributed by atoms with Crippen molar-refractivity contribution in [2.24, 2.45) is 35.5 Å². The van der Waals surface area contributed by atoms with Gasteiger partial charge in [0.05, 0.1) is 58.0 Å². The SMILES string of the molecule is CC(=O)OCC1O[C@H](OCCCCC(=O)CCCCNC(=O)CCOCC(COCCC(=O)NCCCNC(=O)CCCCO[C@H]2OC(COC(C)=O)[C@@H](C)C(C)[C@H]2OC(C)=O)(COCCC(=O)NCCCNC(=O)CCCCO[C@H]2OC(COC(C)=O)[C@@H](C)C(C)[C@H]2OC(C)=O)NC(=O)CCCCCCCCCCC(=O)O)[C@H](OC(C)=O)C(C)[C@@H]1C. The van der Waals surface area contributed by atoms with Crippen LogP contribution in [-0.2, 0) is 138 Å². The third-order valence-electron chi connectivity index (χ3n) is 21.8. The summed E-state index contributed by atoms with van der Waals surface area (Å²) in [5.74, 6) is -6.08. The average molecular weight is 1740 g/mol. The number of carbonyl (C=O) groups is 14. The molecular weight excluding hydrogens is 1600 g/mol. The largest absolute Gasteiger partial charge is 0.481 e. The maximum atomic E-state index is 14.0. The first-order valence-corrected chi connectivity index (χ1v) is 44.0. The van der Waals surface area contributed by atoms with Gasteiger partial charge in [-0.15, -0.1) is 0 Å². The van der Waals surface area contributed by atoms with Gasteiger partial charge in [-0.1, -0.05) is 80.1 Å². The zero-order valence-electron chi connectivity index (χ0n) is 74.6. The summed E-state index contributed by atoms with van der Waals surface area (Å²) in [6, 6.07) is 0. The molecule has 15 atom stereocenters. The normalized spacial score (nSPS) is 23.0. The lowest BCUT2D eigenvalue weighted by Gasteiger charge is -2.43. The van der Waals surface area contributed by atoms with E-state index in [-0.39, 0.29) is 227 Å². The minimum Gasteiger partial charge on any atom is -0.481 e. The molecule has 36 nitrogen and oxygen atoms in total. The molecule has 0 aliphatic carbocycles. The smallest absolute Gasteiger partial charge is 0.303 e. The summed E-state index contributed by atoms with van der Waals surface area (Å²) >= 11 is 0. The maximum Gasteiger partial charge on any atom is 0.303 e. The molecule has 3 aliphatic heterocycles. The van der Waals surface area contributed by atoms with E-state index in [1.54, 1.807) is 0 Å². The lowest BCUT2D eigenvalue weighted by atomic mass is 9.83. The number of hydrogen-bond donors (Lipinski definition) is 7. The Hall–Kier alpha value is -7.58. The molecule has 6 unspecified atom stereocenters. The lowest BCUT2D eigenvalue weighted by molar-refractivity contribution is -0.280. The van der Waals surface area contributed by atoms with Crippen molar-refractivity contribution in [1.82, 2.24) is 31.9 Å². The van der Waals surface area contributed by atoms with Crippen LogP contribution in [0.2, 0.25) is 0 Å². The molecule has 0 saturated carbocycles. The molecule has 0 aromatic carbocycles. The molecule has 3 rings (SSSR count). The number of nitrogens with one attached hydrogen (secondary N) is 6. The highest BCUT2D eigenvalue weighted by Gasteiger charge is 2.48. The Morgan fingerprint density at radius 2 is 0.566 bits per heavy atom. The average Bonchev–Trinajstić information content (AvgIpc) is 0.816. The van der Waals surface area contributed by atoms with Crippen LogP contribution in [0.3, 0.4) is 0 Å². The number of unbranched alkanes of at least 4 members (excludes halogenated alkanes) is 11. The fourth-order valence-electron chi connectivity index (χ4n) is 14.1. The Morgan fingerprint density at radius 1 is 0.295 bits per heavy atom. The number of ketones is 1. The monoisotopic (exact) mass is 1740 g/mol. The Labute approximate surface area is 720 Å². The quantitative estimate of drug-likeness (QED) is 0.0180. The van der Waals surface area contributed by atoms with Gasteiger partial charge in [0.1, 0.15) is 31.1 Å². The molecule has 0 spiro atoms. The number of aliphatic carboxylic acids is 1. The van der Waals surface area contributed by atoms with Gasteiger partial charge >= 0.3 is 41.8 Å². The minimum atomic E-state index is -1.39. The highest BCUT2D eigenvalue weighted by atomic mass is 16.7. The molecule has 7 N–H and O–H groups in total. The Bertz CT molecular complexity index is 2850. The summed E-state index contributed by atoms with van der Waals surface area (Å²) in [6.07, 6.45) is 6.25. The van der Waals surface area contributed by atoms with Crippen LogP contribution in [0.5, 0.6) is 0 Å². The summed E-state index contributed by atoms with van der Waals surface area (Å²) in [5.41, 5.74) is -1.39. The van der Waals surface area contributed by atoms with Crippen LogP contribution < -0.4 is 31.9 Å². The van der Waals surface area contributed by atoms with E-state index in [1.807, 2.05) is 41.5 Å². The molecule has 36 heteroatoms. The number of carbonyl (C=O) groups excluding carboxylic acids is 13. The number of amides is 6. The second-order valence-corrected chi connectivity index (χ2v) is 32.3. The molecule has 0 aromatic heterocycles. The van der Waals surface area contributed by atoms with E-state index < -0.39 is 103 Å². The van der Waals surface area contributed by atoms with Crippen molar-refractivity contribution in [2.75, 3.05) is 112 Å². The zero-order chi connectivity index (χ0) is 90.2. The Morgan fingerprint density at radius 3 is 0.877 bits per heavy atom. The van der Waals surface area contributed by atoms with E-state index in [9.17, 15) is 67.1 Å². The van der Waals surface area contributed by atoms with E-state index in [2.05, 4.69) is 31.9 Å². The summed E-state index contributed by atoms with van der Waals surface area (Å²) < 4.78 is 87.1. The number of esters is 6. The van der Waals surface area contributed by atoms with Gasteiger partial charge in [-0.25, -0.2) is 0 Å².